The van der Waals surface area contributed by atoms with Crippen molar-refractivity contribution in [1.82, 2.24) is 0 Å². The molecule has 1 aliphatic rings. The van der Waals surface area contributed by atoms with E-state index in [2.05, 4.69) is 10.6 Å². The van der Waals surface area contributed by atoms with E-state index in [1.807, 2.05) is 6.92 Å². The van der Waals surface area contributed by atoms with Crippen LogP contribution in [0.25, 0.3) is 0 Å². The van der Waals surface area contributed by atoms with Crippen molar-refractivity contribution in [3.63, 3.8) is 0 Å². The summed E-state index contributed by atoms with van der Waals surface area (Å²) < 4.78 is 12.9. The number of rotatable bonds is 4. The normalized spacial score (nSPS) is 19.0. The molecule has 0 spiro atoms. The van der Waals surface area contributed by atoms with Gasteiger partial charge < -0.3 is 10.6 Å². The zero-order valence-electron chi connectivity index (χ0n) is 12.7. The predicted molar refractivity (Wildman–Crippen MR) is 86.7 cm³/mol. The van der Waals surface area contributed by atoms with Crippen molar-refractivity contribution in [2.75, 3.05) is 10.6 Å². The van der Waals surface area contributed by atoms with Crippen LogP contribution in [-0.4, -0.2) is 11.8 Å². The lowest BCUT2D eigenvalue weighted by atomic mass is 10.1. The molecular formula is C18H17FN2O2. The standard InChI is InChI=1S/C18H17FN2O2/c1-11-9-16(11)18(23)21-15-4-2-3-12(10-15)17(22)20-14-7-5-13(19)6-8-14/h2-8,10-11,16H,9H2,1H3,(H,20,22)(H,21,23)/t11-,16+/m0/s1. The van der Waals surface area contributed by atoms with Crippen molar-refractivity contribution in [1.29, 1.82) is 0 Å². The fraction of sp³-hybridized carbons (Fsp3) is 0.222. The van der Waals surface area contributed by atoms with Crippen molar-refractivity contribution < 1.29 is 14.0 Å². The van der Waals surface area contributed by atoms with Crippen LogP contribution in [0.15, 0.2) is 48.5 Å². The largest absolute Gasteiger partial charge is 0.326 e. The van der Waals surface area contributed by atoms with E-state index >= 15 is 0 Å². The van der Waals surface area contributed by atoms with Gasteiger partial charge in [0.05, 0.1) is 0 Å². The molecule has 0 bridgehead atoms. The first-order valence-corrected chi connectivity index (χ1v) is 7.51. The summed E-state index contributed by atoms with van der Waals surface area (Å²) in [5.41, 5.74) is 1.54. The van der Waals surface area contributed by atoms with Gasteiger partial charge in [0.25, 0.3) is 5.91 Å². The molecule has 1 saturated carbocycles. The maximum absolute atomic E-state index is 12.9. The maximum Gasteiger partial charge on any atom is 0.255 e. The number of anilines is 2. The number of nitrogens with one attached hydrogen (secondary N) is 2. The van der Waals surface area contributed by atoms with Crippen LogP contribution in [-0.2, 0) is 4.79 Å². The second-order valence-electron chi connectivity index (χ2n) is 5.85. The molecule has 2 amide bonds. The van der Waals surface area contributed by atoms with E-state index in [1.54, 1.807) is 24.3 Å². The van der Waals surface area contributed by atoms with Gasteiger partial charge in [-0.2, -0.15) is 0 Å². The fourth-order valence-electron chi connectivity index (χ4n) is 2.40. The Morgan fingerprint density at radius 1 is 1.04 bits per heavy atom. The third-order valence-corrected chi connectivity index (χ3v) is 3.94. The second-order valence-corrected chi connectivity index (χ2v) is 5.85. The summed E-state index contributed by atoms with van der Waals surface area (Å²) in [7, 11) is 0. The molecule has 4 nitrogen and oxygen atoms in total. The van der Waals surface area contributed by atoms with Gasteiger partial charge in [-0.15, -0.1) is 0 Å². The first kappa shape index (κ1) is 15.2. The third-order valence-electron chi connectivity index (χ3n) is 3.94. The van der Waals surface area contributed by atoms with Gasteiger partial charge in [0.2, 0.25) is 5.91 Å². The molecule has 0 saturated heterocycles. The lowest BCUT2D eigenvalue weighted by Crippen LogP contribution is -2.16. The predicted octanol–water partition coefficient (Wildman–Crippen LogP) is 3.67. The molecule has 23 heavy (non-hydrogen) atoms. The Morgan fingerprint density at radius 2 is 1.74 bits per heavy atom. The lowest BCUT2D eigenvalue weighted by Gasteiger charge is -2.08. The van der Waals surface area contributed by atoms with Gasteiger partial charge in [0.1, 0.15) is 5.82 Å². The minimum atomic E-state index is -0.359. The van der Waals surface area contributed by atoms with Crippen molar-refractivity contribution in [3.8, 4) is 0 Å². The van der Waals surface area contributed by atoms with Crippen LogP contribution in [0, 0.1) is 17.7 Å². The lowest BCUT2D eigenvalue weighted by molar-refractivity contribution is -0.117. The number of benzene rings is 2. The van der Waals surface area contributed by atoms with Gasteiger partial charge in [-0.3, -0.25) is 9.59 Å². The Bertz CT molecular complexity index is 743. The molecule has 0 heterocycles. The van der Waals surface area contributed by atoms with Gasteiger partial charge >= 0.3 is 0 Å². The molecule has 2 atom stereocenters. The Labute approximate surface area is 133 Å². The van der Waals surface area contributed by atoms with Gasteiger partial charge in [-0.05, 0) is 54.8 Å². The zero-order valence-corrected chi connectivity index (χ0v) is 12.7. The molecule has 3 rings (SSSR count). The second kappa shape index (κ2) is 6.20. The van der Waals surface area contributed by atoms with E-state index in [1.165, 1.54) is 24.3 Å². The number of hydrogen-bond donors (Lipinski definition) is 2. The fourth-order valence-corrected chi connectivity index (χ4v) is 2.40. The van der Waals surface area contributed by atoms with Crippen LogP contribution in [0.1, 0.15) is 23.7 Å². The van der Waals surface area contributed by atoms with E-state index < -0.39 is 0 Å². The first-order valence-electron chi connectivity index (χ1n) is 7.51. The van der Waals surface area contributed by atoms with Crippen LogP contribution in [0.3, 0.4) is 0 Å². The average molecular weight is 312 g/mol. The number of amides is 2. The van der Waals surface area contributed by atoms with Gasteiger partial charge in [0, 0.05) is 22.9 Å². The monoisotopic (exact) mass is 312 g/mol. The highest BCUT2D eigenvalue weighted by molar-refractivity contribution is 6.05. The van der Waals surface area contributed by atoms with E-state index in [9.17, 15) is 14.0 Å². The molecule has 2 N–H and O–H groups in total. The number of hydrogen-bond acceptors (Lipinski definition) is 2. The topological polar surface area (TPSA) is 58.2 Å². The van der Waals surface area contributed by atoms with Gasteiger partial charge in [0.15, 0.2) is 0 Å². The average Bonchev–Trinajstić information content (AvgIpc) is 3.27. The Balaban J connectivity index is 1.67. The molecule has 1 fully saturated rings. The smallest absolute Gasteiger partial charge is 0.255 e. The van der Waals surface area contributed by atoms with Crippen LogP contribution >= 0.6 is 0 Å². The highest BCUT2D eigenvalue weighted by Crippen LogP contribution is 2.38. The zero-order chi connectivity index (χ0) is 16.4. The molecular weight excluding hydrogens is 295 g/mol. The highest BCUT2D eigenvalue weighted by Gasteiger charge is 2.39. The van der Waals surface area contributed by atoms with E-state index in [-0.39, 0.29) is 23.5 Å². The van der Waals surface area contributed by atoms with E-state index in [0.717, 1.165) is 6.42 Å². The van der Waals surface area contributed by atoms with Crippen LogP contribution < -0.4 is 10.6 Å². The summed E-state index contributed by atoms with van der Waals surface area (Å²) in [5.74, 6) is -0.172. The van der Waals surface area contributed by atoms with Gasteiger partial charge in [-0.1, -0.05) is 13.0 Å². The minimum absolute atomic E-state index is 0.00593. The summed E-state index contributed by atoms with van der Waals surface area (Å²) in [6.45, 7) is 2.04. The van der Waals surface area contributed by atoms with E-state index in [0.29, 0.717) is 22.9 Å². The summed E-state index contributed by atoms with van der Waals surface area (Å²) in [5, 5.41) is 5.52. The number of carbonyl (C=O) groups excluding carboxylic acids is 2. The number of carbonyl (C=O) groups is 2. The first-order chi connectivity index (χ1) is 11.0. The molecule has 2 aromatic rings. The minimum Gasteiger partial charge on any atom is -0.326 e. The van der Waals surface area contributed by atoms with Crippen LogP contribution in [0.5, 0.6) is 0 Å². The molecule has 5 heteroatoms. The summed E-state index contributed by atoms with van der Waals surface area (Å²) >= 11 is 0. The summed E-state index contributed by atoms with van der Waals surface area (Å²) in [4.78, 5) is 24.2. The van der Waals surface area contributed by atoms with Gasteiger partial charge in [-0.25, -0.2) is 4.39 Å². The quantitative estimate of drug-likeness (QED) is 0.905. The van der Waals surface area contributed by atoms with Crippen molar-refractivity contribution in [3.05, 3.63) is 59.9 Å². The molecule has 0 aliphatic heterocycles. The maximum atomic E-state index is 12.9. The molecule has 0 aromatic heterocycles. The van der Waals surface area contributed by atoms with Crippen molar-refractivity contribution in [2.24, 2.45) is 11.8 Å². The Hall–Kier alpha value is -2.69. The molecule has 0 unspecified atom stereocenters. The van der Waals surface area contributed by atoms with Crippen molar-refractivity contribution in [2.45, 2.75) is 13.3 Å². The SMILES string of the molecule is C[C@H]1C[C@H]1C(=O)Nc1cccc(C(=O)Nc2ccc(F)cc2)c1. The third kappa shape index (κ3) is 3.74. The Kier molecular flexibility index (Phi) is 4.10. The molecule has 118 valence electrons. The molecule has 0 radical (unpaired) electrons. The van der Waals surface area contributed by atoms with Crippen LogP contribution in [0.2, 0.25) is 0 Å². The van der Waals surface area contributed by atoms with E-state index in [4.69, 9.17) is 0 Å². The summed E-state index contributed by atoms with van der Waals surface area (Å²) in [6.07, 6.45) is 0.913. The summed E-state index contributed by atoms with van der Waals surface area (Å²) in [6, 6.07) is 12.3. The molecule has 1 aliphatic carbocycles. The Morgan fingerprint density at radius 3 is 2.39 bits per heavy atom. The van der Waals surface area contributed by atoms with Crippen molar-refractivity contribution >= 4 is 23.2 Å². The van der Waals surface area contributed by atoms with Crippen LogP contribution in [0.4, 0.5) is 15.8 Å². The molecule has 2 aromatic carbocycles. The number of halogens is 1. The highest BCUT2D eigenvalue weighted by atomic mass is 19.1.